The molecule has 10 heteroatoms. The first-order chi connectivity index (χ1) is 17.5. The van der Waals surface area contributed by atoms with Crippen LogP contribution in [0.4, 0.5) is 0 Å². The van der Waals surface area contributed by atoms with Gasteiger partial charge in [0.15, 0.2) is 0 Å². The molecule has 0 radical (unpaired) electrons. The molecule has 0 aliphatic carbocycles. The van der Waals surface area contributed by atoms with Gasteiger partial charge in [-0.2, -0.15) is 0 Å². The predicted molar refractivity (Wildman–Crippen MR) is 136 cm³/mol. The number of methoxy groups -OCH3 is 1. The van der Waals surface area contributed by atoms with Crippen molar-refractivity contribution in [2.24, 2.45) is 0 Å². The minimum atomic E-state index is -0.765. The second-order valence-electron chi connectivity index (χ2n) is 8.35. The minimum absolute atomic E-state index is 0.127. The van der Waals surface area contributed by atoms with E-state index in [1.165, 1.54) is 7.11 Å². The Bertz CT molecular complexity index is 1330. The summed E-state index contributed by atoms with van der Waals surface area (Å²) in [5.74, 6) is 0.666. The van der Waals surface area contributed by atoms with E-state index in [9.17, 15) is 14.7 Å². The van der Waals surface area contributed by atoms with E-state index < -0.39 is 12.1 Å². The molecule has 1 aromatic carbocycles. The van der Waals surface area contributed by atoms with Gasteiger partial charge in [0.25, 0.3) is 5.56 Å². The lowest BCUT2D eigenvalue weighted by Gasteiger charge is -2.24. The summed E-state index contributed by atoms with van der Waals surface area (Å²) in [7, 11) is 1.32. The van der Waals surface area contributed by atoms with E-state index in [1.54, 1.807) is 12.3 Å². The van der Waals surface area contributed by atoms with Gasteiger partial charge in [0.05, 0.1) is 38.0 Å². The van der Waals surface area contributed by atoms with Crippen LogP contribution in [0.15, 0.2) is 57.9 Å². The first-order valence-corrected chi connectivity index (χ1v) is 12.5. The van der Waals surface area contributed by atoms with Gasteiger partial charge in [-0.15, -0.1) is 11.3 Å². The van der Waals surface area contributed by atoms with E-state index in [0.717, 1.165) is 16.9 Å². The Labute approximate surface area is 212 Å². The lowest BCUT2D eigenvalue weighted by Crippen LogP contribution is -2.35. The third kappa shape index (κ3) is 6.27. The number of hydrogen-bond donors (Lipinski definition) is 2. The van der Waals surface area contributed by atoms with E-state index in [1.807, 2.05) is 48.2 Å². The first kappa shape index (κ1) is 25.8. The number of aryl methyl sites for hydroxylation is 1. The molecule has 1 unspecified atom stereocenters. The summed E-state index contributed by atoms with van der Waals surface area (Å²) in [5.41, 5.74) is 1.41. The zero-order valence-corrected chi connectivity index (χ0v) is 21.0. The van der Waals surface area contributed by atoms with Crippen molar-refractivity contribution in [1.29, 1.82) is 0 Å². The molecule has 3 heterocycles. The maximum atomic E-state index is 13.0. The van der Waals surface area contributed by atoms with Crippen molar-refractivity contribution in [1.82, 2.24) is 14.9 Å². The predicted octanol–water partition coefficient (Wildman–Crippen LogP) is 3.51. The highest BCUT2D eigenvalue weighted by Gasteiger charge is 2.22. The van der Waals surface area contributed by atoms with E-state index in [0.29, 0.717) is 58.3 Å². The molecule has 3 aromatic heterocycles. The number of benzene rings is 1. The number of aromatic nitrogens is 2. The summed E-state index contributed by atoms with van der Waals surface area (Å²) in [4.78, 5) is 35.6. The maximum absolute atomic E-state index is 13.0. The lowest BCUT2D eigenvalue weighted by atomic mass is 10.1. The number of carbonyl (C=O) groups excluding carboxylic acids is 1. The van der Waals surface area contributed by atoms with Gasteiger partial charge in [-0.05, 0) is 29.7 Å². The summed E-state index contributed by atoms with van der Waals surface area (Å²) in [6.07, 6.45) is 1.32. The number of aliphatic hydroxyl groups is 1. The Kier molecular flexibility index (Phi) is 8.65. The highest BCUT2D eigenvalue weighted by molar-refractivity contribution is 7.20. The molecule has 0 aliphatic rings. The Morgan fingerprint density at radius 3 is 2.72 bits per heavy atom. The van der Waals surface area contributed by atoms with E-state index in [-0.39, 0.29) is 18.8 Å². The maximum Gasteiger partial charge on any atom is 0.348 e. The highest BCUT2D eigenvalue weighted by atomic mass is 32.1. The summed E-state index contributed by atoms with van der Waals surface area (Å²) in [5, 5.41) is 11.1. The topological polar surface area (TPSA) is 118 Å². The molecule has 0 saturated heterocycles. The molecule has 0 saturated carbocycles. The number of carbonyl (C=O) groups is 1. The SMILES string of the molecule is CCc1c(C(=O)OC)sc2nc(CN(Cc3ccccc3)CC(O)COCc3ccco3)[nH]c(=O)c12. The number of rotatable bonds is 12. The molecule has 0 amide bonds. The largest absolute Gasteiger partial charge is 0.467 e. The first-order valence-electron chi connectivity index (χ1n) is 11.7. The van der Waals surface area contributed by atoms with Gasteiger partial charge in [0, 0.05) is 13.1 Å². The van der Waals surface area contributed by atoms with Crippen LogP contribution < -0.4 is 5.56 Å². The molecule has 9 nitrogen and oxygen atoms in total. The van der Waals surface area contributed by atoms with Crippen molar-refractivity contribution in [3.05, 3.63) is 86.7 Å². The molecule has 190 valence electrons. The van der Waals surface area contributed by atoms with E-state index in [2.05, 4.69) is 9.97 Å². The number of hydrogen-bond acceptors (Lipinski definition) is 9. The fourth-order valence-electron chi connectivity index (χ4n) is 4.06. The Balaban J connectivity index is 1.53. The third-order valence-electron chi connectivity index (χ3n) is 5.66. The highest BCUT2D eigenvalue weighted by Crippen LogP contribution is 2.29. The lowest BCUT2D eigenvalue weighted by molar-refractivity contribution is 0.00217. The van der Waals surface area contributed by atoms with Crippen molar-refractivity contribution in [2.45, 2.75) is 39.1 Å². The Hall–Kier alpha value is -3.31. The quantitative estimate of drug-likeness (QED) is 0.278. The van der Waals surface area contributed by atoms with Gasteiger partial charge < -0.3 is 24.0 Å². The standard InChI is InChI=1S/C26H29N3O6S/c1-3-20-22-24(31)27-21(28-25(22)36-23(20)26(32)33-2)14-29(12-17-8-5-4-6-9-17)13-18(30)15-34-16-19-10-7-11-35-19/h4-11,18,30H,3,12-16H2,1-2H3,(H,27,28,31). The monoisotopic (exact) mass is 511 g/mol. The normalized spacial score (nSPS) is 12.3. The van der Waals surface area contributed by atoms with E-state index in [4.69, 9.17) is 13.9 Å². The summed E-state index contributed by atoms with van der Waals surface area (Å²) < 4.78 is 15.7. The number of esters is 1. The molecule has 0 bridgehead atoms. The second kappa shape index (κ2) is 12.1. The fraction of sp³-hybridized carbons (Fsp3) is 0.346. The van der Waals surface area contributed by atoms with Gasteiger partial charge in [-0.3, -0.25) is 9.69 Å². The molecule has 0 aliphatic heterocycles. The van der Waals surface area contributed by atoms with Crippen molar-refractivity contribution < 1.29 is 23.8 Å². The molecule has 2 N–H and O–H groups in total. The smallest absolute Gasteiger partial charge is 0.348 e. The van der Waals surface area contributed by atoms with Crippen LogP contribution in [-0.2, 0) is 35.6 Å². The third-order valence-corrected chi connectivity index (χ3v) is 6.77. The number of nitrogens with one attached hydrogen (secondary N) is 1. The molecular weight excluding hydrogens is 482 g/mol. The molecule has 1 atom stereocenters. The van der Waals surface area contributed by atoms with Crippen LogP contribution in [0.3, 0.4) is 0 Å². The fourth-order valence-corrected chi connectivity index (χ4v) is 5.26. The number of nitrogens with zero attached hydrogens (tertiary/aromatic N) is 2. The van der Waals surface area contributed by atoms with Crippen molar-refractivity contribution in [2.75, 3.05) is 20.3 Å². The number of H-pyrrole nitrogens is 1. The molecule has 0 fully saturated rings. The van der Waals surface area contributed by atoms with Crippen LogP contribution >= 0.6 is 11.3 Å². The Morgan fingerprint density at radius 1 is 1.22 bits per heavy atom. The van der Waals surface area contributed by atoms with Gasteiger partial charge in [-0.1, -0.05) is 37.3 Å². The number of fused-ring (bicyclic) bond motifs is 1. The van der Waals surface area contributed by atoms with Crippen LogP contribution in [0, 0.1) is 0 Å². The average Bonchev–Trinajstić information content (AvgIpc) is 3.52. The number of aromatic amines is 1. The summed E-state index contributed by atoms with van der Waals surface area (Å²) in [6.45, 7) is 3.42. The number of thiophene rings is 1. The summed E-state index contributed by atoms with van der Waals surface area (Å²) in [6, 6.07) is 13.4. The number of ether oxygens (including phenoxy) is 2. The van der Waals surface area contributed by atoms with Crippen molar-refractivity contribution >= 4 is 27.5 Å². The van der Waals surface area contributed by atoms with Gasteiger partial charge in [0.2, 0.25) is 0 Å². The van der Waals surface area contributed by atoms with E-state index >= 15 is 0 Å². The number of furan rings is 1. The second-order valence-corrected chi connectivity index (χ2v) is 9.35. The Morgan fingerprint density at radius 2 is 2.03 bits per heavy atom. The summed E-state index contributed by atoms with van der Waals surface area (Å²) >= 11 is 1.16. The van der Waals surface area contributed by atoms with Gasteiger partial charge in [-0.25, -0.2) is 9.78 Å². The van der Waals surface area contributed by atoms with Crippen LogP contribution in [-0.4, -0.2) is 52.3 Å². The van der Waals surface area contributed by atoms with Crippen LogP contribution in [0.2, 0.25) is 0 Å². The molecule has 4 rings (SSSR count). The minimum Gasteiger partial charge on any atom is -0.467 e. The molecular formula is C26H29N3O6S. The van der Waals surface area contributed by atoms with Gasteiger partial charge in [0.1, 0.15) is 27.9 Å². The van der Waals surface area contributed by atoms with Crippen LogP contribution in [0.25, 0.3) is 10.2 Å². The zero-order chi connectivity index (χ0) is 25.5. The van der Waals surface area contributed by atoms with Gasteiger partial charge >= 0.3 is 5.97 Å². The average molecular weight is 512 g/mol. The van der Waals surface area contributed by atoms with Crippen molar-refractivity contribution in [3.63, 3.8) is 0 Å². The van der Waals surface area contributed by atoms with Crippen LogP contribution in [0.1, 0.15) is 39.3 Å². The van der Waals surface area contributed by atoms with Crippen molar-refractivity contribution in [3.8, 4) is 0 Å². The molecule has 0 spiro atoms. The number of aliphatic hydroxyl groups excluding tert-OH is 1. The molecule has 4 aromatic rings. The van der Waals surface area contributed by atoms with Crippen LogP contribution in [0.5, 0.6) is 0 Å². The zero-order valence-electron chi connectivity index (χ0n) is 20.2. The molecule has 36 heavy (non-hydrogen) atoms.